The lowest BCUT2D eigenvalue weighted by atomic mass is 9.83. The third-order valence-corrected chi connectivity index (χ3v) is 4.46. The average molecular weight is 324 g/mol. The minimum Gasteiger partial charge on any atom is -0.300 e. The third kappa shape index (κ3) is 2.94. The SMILES string of the molecule is CC(=O)CC(c1cccc(F)c1F)c1ccc2ccccc2c1C. The molecule has 3 aromatic carbocycles. The molecule has 0 radical (unpaired) electrons. The summed E-state index contributed by atoms with van der Waals surface area (Å²) in [6.07, 6.45) is 0.138. The molecule has 0 amide bonds. The van der Waals surface area contributed by atoms with Gasteiger partial charge in [0.1, 0.15) is 5.78 Å². The molecule has 1 unspecified atom stereocenters. The molecule has 0 N–H and O–H groups in total. The van der Waals surface area contributed by atoms with Crippen LogP contribution in [0.15, 0.2) is 54.6 Å². The van der Waals surface area contributed by atoms with E-state index in [1.807, 2.05) is 43.3 Å². The van der Waals surface area contributed by atoms with Crippen molar-refractivity contribution in [2.45, 2.75) is 26.2 Å². The molecule has 3 rings (SSSR count). The molecule has 0 fully saturated rings. The van der Waals surface area contributed by atoms with Crippen LogP contribution in [0.2, 0.25) is 0 Å². The van der Waals surface area contributed by atoms with Gasteiger partial charge in [-0.05, 0) is 47.4 Å². The van der Waals surface area contributed by atoms with Crippen molar-refractivity contribution < 1.29 is 13.6 Å². The molecule has 0 bridgehead atoms. The van der Waals surface area contributed by atoms with E-state index in [2.05, 4.69) is 0 Å². The summed E-state index contributed by atoms with van der Waals surface area (Å²) in [6.45, 7) is 3.43. The van der Waals surface area contributed by atoms with Crippen molar-refractivity contribution in [1.82, 2.24) is 0 Å². The van der Waals surface area contributed by atoms with Crippen LogP contribution in [-0.2, 0) is 4.79 Å². The zero-order valence-corrected chi connectivity index (χ0v) is 13.6. The number of hydrogen-bond acceptors (Lipinski definition) is 1. The molecule has 3 aromatic rings. The normalized spacial score (nSPS) is 12.3. The molecular weight excluding hydrogens is 306 g/mol. The predicted molar refractivity (Wildman–Crippen MR) is 92.2 cm³/mol. The van der Waals surface area contributed by atoms with Crippen molar-refractivity contribution >= 4 is 16.6 Å². The summed E-state index contributed by atoms with van der Waals surface area (Å²) >= 11 is 0. The monoisotopic (exact) mass is 324 g/mol. The number of carbonyl (C=O) groups excluding carboxylic acids is 1. The molecule has 0 saturated heterocycles. The molecule has 24 heavy (non-hydrogen) atoms. The summed E-state index contributed by atoms with van der Waals surface area (Å²) < 4.78 is 28.0. The van der Waals surface area contributed by atoms with E-state index in [1.54, 1.807) is 6.07 Å². The number of hydrogen-bond donors (Lipinski definition) is 0. The summed E-state index contributed by atoms with van der Waals surface area (Å²) in [4.78, 5) is 11.8. The number of benzene rings is 3. The largest absolute Gasteiger partial charge is 0.300 e. The van der Waals surface area contributed by atoms with Crippen LogP contribution in [0.4, 0.5) is 8.78 Å². The Labute approximate surface area is 139 Å². The van der Waals surface area contributed by atoms with Gasteiger partial charge in [-0.1, -0.05) is 48.5 Å². The maximum Gasteiger partial charge on any atom is 0.162 e. The molecule has 0 aliphatic rings. The number of fused-ring (bicyclic) bond motifs is 1. The quantitative estimate of drug-likeness (QED) is 0.616. The van der Waals surface area contributed by atoms with E-state index >= 15 is 0 Å². The van der Waals surface area contributed by atoms with Crippen LogP contribution in [0, 0.1) is 18.6 Å². The van der Waals surface area contributed by atoms with Gasteiger partial charge < -0.3 is 0 Å². The standard InChI is InChI=1S/C21H18F2O/c1-13(24)12-19(18-8-5-9-20(22)21(18)23)17-11-10-15-6-3-4-7-16(15)14(17)2/h3-11,19H,12H2,1-2H3. The van der Waals surface area contributed by atoms with Crippen LogP contribution >= 0.6 is 0 Å². The zero-order valence-electron chi connectivity index (χ0n) is 13.6. The summed E-state index contributed by atoms with van der Waals surface area (Å²) in [5, 5.41) is 2.14. The first kappa shape index (κ1) is 16.3. The summed E-state index contributed by atoms with van der Waals surface area (Å²) in [6, 6.07) is 15.9. The molecule has 0 heterocycles. The fourth-order valence-corrected chi connectivity index (χ4v) is 3.29. The Morgan fingerprint density at radius 1 is 0.958 bits per heavy atom. The highest BCUT2D eigenvalue weighted by atomic mass is 19.2. The van der Waals surface area contributed by atoms with Gasteiger partial charge in [0.2, 0.25) is 0 Å². The smallest absolute Gasteiger partial charge is 0.162 e. The highest BCUT2D eigenvalue weighted by molar-refractivity contribution is 5.87. The Morgan fingerprint density at radius 2 is 1.71 bits per heavy atom. The Kier molecular flexibility index (Phi) is 4.43. The van der Waals surface area contributed by atoms with Crippen LogP contribution in [-0.4, -0.2) is 5.78 Å². The third-order valence-electron chi connectivity index (χ3n) is 4.46. The first-order valence-electron chi connectivity index (χ1n) is 7.90. The lowest BCUT2D eigenvalue weighted by molar-refractivity contribution is -0.117. The van der Waals surface area contributed by atoms with Crippen LogP contribution in [0.5, 0.6) is 0 Å². The summed E-state index contributed by atoms with van der Waals surface area (Å²) in [5.41, 5.74) is 2.07. The van der Waals surface area contributed by atoms with Crippen LogP contribution < -0.4 is 0 Å². The van der Waals surface area contributed by atoms with Crippen molar-refractivity contribution in [2.24, 2.45) is 0 Å². The van der Waals surface area contributed by atoms with E-state index < -0.39 is 17.6 Å². The Hall–Kier alpha value is -2.55. The van der Waals surface area contributed by atoms with Crippen molar-refractivity contribution in [3.8, 4) is 0 Å². The van der Waals surface area contributed by atoms with E-state index in [-0.39, 0.29) is 17.8 Å². The maximum atomic E-state index is 14.3. The number of aryl methyl sites for hydroxylation is 1. The van der Waals surface area contributed by atoms with Crippen LogP contribution in [0.1, 0.15) is 36.0 Å². The molecule has 0 aromatic heterocycles. The van der Waals surface area contributed by atoms with E-state index in [0.29, 0.717) is 0 Å². The molecule has 0 spiro atoms. The van der Waals surface area contributed by atoms with Gasteiger partial charge >= 0.3 is 0 Å². The average Bonchev–Trinajstić information content (AvgIpc) is 2.56. The predicted octanol–water partition coefficient (Wildman–Crippen LogP) is 5.54. The number of rotatable bonds is 4. The minimum atomic E-state index is -0.889. The Bertz CT molecular complexity index is 915. The minimum absolute atomic E-state index is 0.0591. The second kappa shape index (κ2) is 6.52. The first-order chi connectivity index (χ1) is 11.5. The molecule has 0 saturated carbocycles. The van der Waals surface area contributed by atoms with Gasteiger partial charge in [-0.25, -0.2) is 8.78 Å². The van der Waals surface area contributed by atoms with Crippen molar-refractivity contribution in [3.63, 3.8) is 0 Å². The lowest BCUT2D eigenvalue weighted by Gasteiger charge is -2.21. The van der Waals surface area contributed by atoms with E-state index in [0.717, 1.165) is 28.0 Å². The molecular formula is C21H18F2O. The summed E-state index contributed by atoms with van der Waals surface area (Å²) in [7, 11) is 0. The van der Waals surface area contributed by atoms with Crippen molar-refractivity contribution in [1.29, 1.82) is 0 Å². The second-order valence-electron chi connectivity index (χ2n) is 6.10. The van der Waals surface area contributed by atoms with Crippen LogP contribution in [0.25, 0.3) is 10.8 Å². The molecule has 1 atom stereocenters. The van der Waals surface area contributed by atoms with Gasteiger partial charge in [0, 0.05) is 12.3 Å². The number of Topliss-reactive ketones (excluding diaryl/α,β-unsaturated/α-hetero) is 1. The highest BCUT2D eigenvalue weighted by Crippen LogP contribution is 2.35. The Balaban J connectivity index is 2.22. The molecule has 0 aliphatic carbocycles. The Morgan fingerprint density at radius 3 is 2.46 bits per heavy atom. The number of ketones is 1. The van der Waals surface area contributed by atoms with Gasteiger partial charge in [-0.3, -0.25) is 4.79 Å². The van der Waals surface area contributed by atoms with E-state index in [4.69, 9.17) is 0 Å². The molecule has 122 valence electrons. The van der Waals surface area contributed by atoms with Gasteiger partial charge in [0.25, 0.3) is 0 Å². The molecule has 0 aliphatic heterocycles. The second-order valence-corrected chi connectivity index (χ2v) is 6.10. The fourth-order valence-electron chi connectivity index (χ4n) is 3.29. The topological polar surface area (TPSA) is 17.1 Å². The van der Waals surface area contributed by atoms with Crippen molar-refractivity contribution in [3.05, 3.63) is 82.9 Å². The summed E-state index contributed by atoms with van der Waals surface area (Å²) in [5.74, 6) is -2.32. The van der Waals surface area contributed by atoms with E-state index in [1.165, 1.54) is 13.0 Å². The fraction of sp³-hybridized carbons (Fsp3) is 0.190. The maximum absolute atomic E-state index is 14.3. The zero-order chi connectivity index (χ0) is 17.3. The van der Waals surface area contributed by atoms with Gasteiger partial charge in [0.05, 0.1) is 0 Å². The molecule has 3 heteroatoms. The van der Waals surface area contributed by atoms with E-state index in [9.17, 15) is 13.6 Å². The first-order valence-corrected chi connectivity index (χ1v) is 7.90. The van der Waals surface area contributed by atoms with Gasteiger partial charge in [-0.15, -0.1) is 0 Å². The molecule has 1 nitrogen and oxygen atoms in total. The van der Waals surface area contributed by atoms with Gasteiger partial charge in [0.15, 0.2) is 11.6 Å². The highest BCUT2D eigenvalue weighted by Gasteiger charge is 2.23. The van der Waals surface area contributed by atoms with Crippen molar-refractivity contribution in [2.75, 3.05) is 0 Å². The van der Waals surface area contributed by atoms with Crippen LogP contribution in [0.3, 0.4) is 0 Å². The number of halogens is 2. The number of carbonyl (C=O) groups is 1. The lowest BCUT2D eigenvalue weighted by Crippen LogP contribution is -2.11. The van der Waals surface area contributed by atoms with Gasteiger partial charge in [-0.2, -0.15) is 0 Å².